The van der Waals surface area contributed by atoms with Crippen LogP contribution in [0.4, 0.5) is 0 Å². The van der Waals surface area contributed by atoms with Crippen molar-refractivity contribution in [2.45, 2.75) is 201 Å². The van der Waals surface area contributed by atoms with Crippen LogP contribution in [0.1, 0.15) is 272 Å². The van der Waals surface area contributed by atoms with Gasteiger partial charge >= 0.3 is 0 Å². The largest absolute Gasteiger partial charge is 0.486 e. The monoisotopic (exact) mass is 2240 g/mol. The van der Waals surface area contributed by atoms with Crippen LogP contribution >= 0.6 is 0 Å². The van der Waals surface area contributed by atoms with Crippen LogP contribution in [-0.2, 0) is 60.3 Å². The molecular weight excluding hydrogens is 2080 g/mol. The Morgan fingerprint density at radius 1 is 0.294 bits per heavy atom. The number of aryl methyl sites for hydroxylation is 12. The van der Waals surface area contributed by atoms with Crippen molar-refractivity contribution in [3.63, 3.8) is 0 Å². The molecule has 12 aromatic heterocycles. The van der Waals surface area contributed by atoms with Crippen LogP contribution in [-0.4, -0.2) is 44.9 Å². The number of hydrogen-bond acceptors (Lipinski definition) is 12. The van der Waals surface area contributed by atoms with Crippen LogP contribution in [0.25, 0.3) is 134 Å². The third-order valence-corrected chi connectivity index (χ3v) is 19.7. The third kappa shape index (κ3) is 22.0. The summed E-state index contributed by atoms with van der Waals surface area (Å²) in [5.41, 5.74) is 8.35. The second kappa shape index (κ2) is 43.0. The van der Waals surface area contributed by atoms with Gasteiger partial charge in [0.25, 0.3) is 0 Å². The molecule has 0 bridgehead atoms. The van der Waals surface area contributed by atoms with Gasteiger partial charge in [0, 0.05) is 184 Å². The fourth-order valence-electron chi connectivity index (χ4n) is 13.7. The van der Waals surface area contributed by atoms with Crippen molar-refractivity contribution >= 4 is 66.2 Å². The quantitative estimate of drug-likeness (QED) is 0.107. The normalized spacial score (nSPS) is 18.4. The van der Waals surface area contributed by atoms with Gasteiger partial charge in [0.15, 0.2) is 0 Å². The number of aromatic nitrogens is 9. The van der Waals surface area contributed by atoms with Gasteiger partial charge in [-0.25, -0.2) is 15.0 Å². The first-order valence-electron chi connectivity index (χ1n) is 58.4. The van der Waals surface area contributed by atoms with Crippen molar-refractivity contribution in [3.05, 3.63) is 338 Å². The van der Waals surface area contributed by atoms with E-state index in [1.54, 1.807) is 99.7 Å². The summed E-state index contributed by atoms with van der Waals surface area (Å²) in [7, 11) is 0. The predicted molar refractivity (Wildman–Crippen MR) is 508 cm³/mol. The topological polar surface area (TPSA) is 155 Å². The molecule has 18 aromatic rings. The van der Waals surface area contributed by atoms with Crippen LogP contribution in [0.5, 0.6) is 0 Å². The maximum atomic E-state index is 8.70. The summed E-state index contributed by atoms with van der Waals surface area (Å²) < 4.78 is 329. The number of benzene rings is 6. The van der Waals surface area contributed by atoms with E-state index in [1.807, 2.05) is 84.9 Å². The summed E-state index contributed by atoms with van der Waals surface area (Å²) in [6.45, 7) is -8.72. The second-order valence-corrected chi connectivity index (χ2v) is 29.7. The number of nitrogens with zero attached hydrogens (tertiary/aromatic N) is 9. The van der Waals surface area contributed by atoms with E-state index < -0.39 is 111 Å². The molecule has 3 radical (unpaired) electrons. The molecule has 3 atom stereocenters. The first-order valence-corrected chi connectivity index (χ1v) is 38.9. The fraction of sp³-hybridized carbons (Fsp3) is 0.270. The van der Waals surface area contributed by atoms with E-state index in [-0.39, 0.29) is 200 Å². The number of pyridine rings is 9. The molecule has 6 aromatic carbocycles. The van der Waals surface area contributed by atoms with Gasteiger partial charge in [-0.1, -0.05) is 188 Å². The maximum absolute atomic E-state index is 8.70. The molecule has 0 spiro atoms. The molecule has 0 saturated heterocycles. The van der Waals surface area contributed by atoms with Crippen LogP contribution < -0.4 is 0 Å². The van der Waals surface area contributed by atoms with E-state index in [4.69, 9.17) is 66.7 Å². The van der Waals surface area contributed by atoms with Gasteiger partial charge in [0.05, 0.1) is 16.7 Å². The van der Waals surface area contributed by atoms with Gasteiger partial charge in [0.2, 0.25) is 17.1 Å². The molecule has 126 heavy (non-hydrogen) atoms. The van der Waals surface area contributed by atoms with Crippen LogP contribution in [0.3, 0.4) is 0 Å². The summed E-state index contributed by atoms with van der Waals surface area (Å²) in [5.74, 6) is -10.4. The molecule has 18 rings (SSSR count). The van der Waals surface area contributed by atoms with Gasteiger partial charge in [-0.05, 0) is 219 Å². The minimum absolute atomic E-state index is 0. The van der Waals surface area contributed by atoms with E-state index in [1.165, 1.54) is 67.0 Å². The number of furan rings is 3. The van der Waals surface area contributed by atoms with Crippen molar-refractivity contribution in [3.8, 4) is 67.5 Å². The zero-order valence-corrected chi connectivity index (χ0v) is 78.0. The minimum Gasteiger partial charge on any atom is -0.486 e. The zero-order valence-electron chi connectivity index (χ0n) is 110. The van der Waals surface area contributed by atoms with Gasteiger partial charge in [-0.2, -0.15) is 0 Å². The average Bonchev–Trinajstić information content (AvgIpc) is 1.67. The number of hydrogen-bond donors (Lipinski definition) is 0. The van der Waals surface area contributed by atoms with E-state index >= 15 is 0 Å². The summed E-state index contributed by atoms with van der Waals surface area (Å²) >= 11 is 0. The van der Waals surface area contributed by atoms with Crippen molar-refractivity contribution in [1.82, 2.24) is 44.9 Å². The van der Waals surface area contributed by atoms with Crippen LogP contribution in [0.15, 0.2) is 214 Å². The summed E-state index contributed by atoms with van der Waals surface area (Å²) in [6.07, 6.45) is 7.81. The molecule has 15 heteroatoms. The van der Waals surface area contributed by atoms with E-state index in [0.29, 0.717) is 55.5 Å². The van der Waals surface area contributed by atoms with Gasteiger partial charge in [-0.15, -0.1) is 161 Å². The molecule has 0 aliphatic heterocycles. The first-order chi connectivity index (χ1) is 74.2. The van der Waals surface area contributed by atoms with Crippen LogP contribution in [0.2, 0.25) is 0 Å². The Kier molecular flexibility index (Phi) is 19.2. The van der Waals surface area contributed by atoms with Gasteiger partial charge in [0.1, 0.15) is 0 Å². The molecule has 0 amide bonds. The first kappa shape index (κ1) is 56.3. The van der Waals surface area contributed by atoms with Crippen molar-refractivity contribution in [1.29, 1.82) is 0 Å². The molecule has 0 saturated carbocycles. The summed E-state index contributed by atoms with van der Waals surface area (Å²) in [6, 6.07) is 64.5. The molecular formula is C111H111Ir3N9O3-6. The Balaban J connectivity index is 0.000000209. The summed E-state index contributed by atoms with van der Waals surface area (Å²) in [4.78, 5) is 38.6. The minimum atomic E-state index is -2.83. The van der Waals surface area contributed by atoms with E-state index in [0.717, 1.165) is 78.7 Å². The number of rotatable bonds is 12. The van der Waals surface area contributed by atoms with Crippen LogP contribution in [0, 0.1) is 119 Å². The SMILES string of the molecule is [2H]C([2H])([2H])c1cc(-c2[c-]cc(C([2H])(C)C)c3c2oc2nc(C)cc(C([2H])([2H])[2H])c23)ncc1C([2H])(C)C([2H])([2H])[2H].[2H]C([2H])([2H])c1cc(-c2[c-]cc(C([2H])(C)C)c3c2oc2nc(C)cc(C([2H])([2H])[2H])c23)ncc1C([2H])(C)C([2H])([2H])[2H].[2H]C([2H])([2H])c1cc(-c2[c-]cc(C([2H])(C)C)c3c2oc2nc(C)cc(C([2H])([2H])[2H])c23)ncc1C([2H])(C)C([2H])([2H])[2H].[2H]C([2H])([2H])c1ccc(-c2[c-]cccc2)nc1.[2H]C([2H])([2H])c1cnc(-c2[c-]cccc2)cc1C.[Ir].[Ir].[Ir].[c-]1ccccc1-c1ccccn1. The van der Waals surface area contributed by atoms with Crippen molar-refractivity contribution < 1.29 is 127 Å². The van der Waals surface area contributed by atoms with Gasteiger partial charge in [-0.3, -0.25) is 0 Å². The Hall–Kier alpha value is -11.0. The second-order valence-electron chi connectivity index (χ2n) is 29.7. The Morgan fingerprint density at radius 2 is 0.635 bits per heavy atom. The van der Waals surface area contributed by atoms with E-state index in [2.05, 4.69) is 81.3 Å². The summed E-state index contributed by atoms with van der Waals surface area (Å²) in [5, 5.41) is 1.63. The maximum Gasteiger partial charge on any atom is 0.216 e. The molecule has 12 nitrogen and oxygen atoms in total. The Labute approximate surface area is 840 Å². The Morgan fingerprint density at radius 3 is 0.937 bits per heavy atom. The molecule has 0 aliphatic rings. The predicted octanol–water partition coefficient (Wildman–Crippen LogP) is 29.6. The average molecular weight is 2240 g/mol. The zero-order chi connectivity index (χ0) is 121. The number of fused-ring (bicyclic) bond motifs is 9. The molecule has 0 aliphatic carbocycles. The van der Waals surface area contributed by atoms with Crippen molar-refractivity contribution in [2.24, 2.45) is 0 Å². The third-order valence-electron chi connectivity index (χ3n) is 19.7. The molecule has 0 fully saturated rings. The molecule has 3 unspecified atom stereocenters. The molecule has 0 N–H and O–H groups in total. The van der Waals surface area contributed by atoms with Crippen molar-refractivity contribution in [2.75, 3.05) is 0 Å². The smallest absolute Gasteiger partial charge is 0.216 e. The molecule has 651 valence electrons. The fourth-order valence-corrected chi connectivity index (χ4v) is 13.7. The van der Waals surface area contributed by atoms with E-state index in [9.17, 15) is 0 Å². The molecule has 12 heterocycles. The van der Waals surface area contributed by atoms with Gasteiger partial charge < -0.3 is 43.2 Å². The standard InChI is InChI=1S/3C25H27N2O.C13H12N.C12H10N.C11H8N.3Ir/c3*1-13(2)18-8-9-19(21-11-15(5)20(12-26-21)14(3)4)24-23(18)22-16(6)10-17(7)27-25(22)28-24;1-10-8-13(14-9-11(10)2)12-6-4-3-5-7-12;1-10-7-8-12(13-9-10)11-5-3-2-4-6-11;1-2-6-10(7-3-1)11-8-4-5-9-12-11;;;/h3*8,10-14H,1-7H3;3-6,8-9H,1-2H3;2-5,7-9H,1H3;1-6,8-9H;;;/q6*-1;;;/i3*3D3,5D3,6D3,13D,14D;2D3;1D3;;;;. The Bertz CT molecular complexity index is 7890.